The Balaban J connectivity index is 1.61. The second-order valence-corrected chi connectivity index (χ2v) is 10.1. The van der Waals surface area contributed by atoms with Gasteiger partial charge in [-0.1, -0.05) is 29.6 Å². The van der Waals surface area contributed by atoms with Crippen LogP contribution in [0.2, 0.25) is 10.0 Å². The Morgan fingerprint density at radius 3 is 2.65 bits per heavy atom. The van der Waals surface area contributed by atoms with Crippen LogP contribution in [0.4, 0.5) is 0 Å². The quantitative estimate of drug-likeness (QED) is 0.442. The molecule has 2 unspecified atom stereocenters. The van der Waals surface area contributed by atoms with E-state index in [1.165, 1.54) is 6.42 Å². The van der Waals surface area contributed by atoms with E-state index in [0.717, 1.165) is 54.5 Å². The minimum atomic E-state index is -0.176. The van der Waals surface area contributed by atoms with Gasteiger partial charge in [0.1, 0.15) is 0 Å². The Morgan fingerprint density at radius 2 is 1.94 bits per heavy atom. The van der Waals surface area contributed by atoms with Crippen LogP contribution in [-0.2, 0) is 6.42 Å². The van der Waals surface area contributed by atoms with Crippen molar-refractivity contribution in [2.75, 3.05) is 0 Å². The highest BCUT2D eigenvalue weighted by atomic mass is 35.5. The second kappa shape index (κ2) is 9.61. The molecule has 0 spiro atoms. The van der Waals surface area contributed by atoms with Crippen LogP contribution in [-0.4, -0.2) is 32.8 Å². The van der Waals surface area contributed by atoms with Crippen LogP contribution >= 0.6 is 23.2 Å². The lowest BCUT2D eigenvalue weighted by Crippen LogP contribution is -2.54. The fraction of sp³-hybridized carbons (Fsp3) is 0.385. The van der Waals surface area contributed by atoms with Crippen LogP contribution in [0.5, 0.6) is 0 Å². The van der Waals surface area contributed by atoms with E-state index in [2.05, 4.69) is 30.4 Å². The van der Waals surface area contributed by atoms with E-state index in [-0.39, 0.29) is 18.0 Å². The van der Waals surface area contributed by atoms with Crippen molar-refractivity contribution in [3.05, 3.63) is 69.4 Å². The Bertz CT molecular complexity index is 1220. The van der Waals surface area contributed by atoms with Crippen molar-refractivity contribution in [3.63, 3.8) is 0 Å². The van der Waals surface area contributed by atoms with Gasteiger partial charge in [0.25, 0.3) is 5.91 Å². The van der Waals surface area contributed by atoms with Gasteiger partial charge in [-0.3, -0.25) is 10.2 Å². The highest BCUT2D eigenvalue weighted by molar-refractivity contribution is 6.35. The molecule has 1 aromatic carbocycles. The van der Waals surface area contributed by atoms with E-state index in [0.29, 0.717) is 21.4 Å². The number of hydrazine groups is 1. The highest BCUT2D eigenvalue weighted by Gasteiger charge is 2.32. The zero-order valence-corrected chi connectivity index (χ0v) is 20.9. The Hall–Kier alpha value is -2.54. The molecule has 5 rings (SSSR count). The molecule has 3 aromatic rings. The van der Waals surface area contributed by atoms with Gasteiger partial charge >= 0.3 is 0 Å². The summed E-state index contributed by atoms with van der Waals surface area (Å²) >= 11 is 12.7. The third-order valence-corrected chi connectivity index (χ3v) is 7.36. The van der Waals surface area contributed by atoms with E-state index in [1.807, 2.05) is 12.1 Å². The van der Waals surface area contributed by atoms with Crippen molar-refractivity contribution >= 4 is 40.8 Å². The number of carbonyl (C=O) groups excluding carboxylic acids is 1. The number of halogens is 2. The molecule has 34 heavy (non-hydrogen) atoms. The minimum absolute atomic E-state index is 0.176. The molecule has 2 aliphatic rings. The molecule has 6 nitrogen and oxygen atoms in total. The van der Waals surface area contributed by atoms with Gasteiger partial charge in [-0.2, -0.15) is 5.10 Å². The summed E-state index contributed by atoms with van der Waals surface area (Å²) in [5.74, 6) is -0.176. The van der Waals surface area contributed by atoms with E-state index in [1.54, 1.807) is 29.3 Å². The van der Waals surface area contributed by atoms with Crippen LogP contribution in [0, 0.1) is 0 Å². The molecule has 1 saturated heterocycles. The Morgan fingerprint density at radius 1 is 1.15 bits per heavy atom. The Labute approximate surface area is 209 Å². The second-order valence-electron chi connectivity index (χ2n) is 9.24. The van der Waals surface area contributed by atoms with Gasteiger partial charge in [0.05, 0.1) is 28.9 Å². The minimum Gasteiger partial charge on any atom is -0.472 e. The van der Waals surface area contributed by atoms with Crippen LogP contribution in [0.15, 0.2) is 41.2 Å². The highest BCUT2D eigenvalue weighted by Crippen LogP contribution is 2.37. The van der Waals surface area contributed by atoms with Gasteiger partial charge in [0.15, 0.2) is 5.69 Å². The van der Waals surface area contributed by atoms with Crippen molar-refractivity contribution in [2.45, 2.75) is 64.5 Å². The maximum atomic E-state index is 13.6. The molecule has 0 radical (unpaired) electrons. The van der Waals surface area contributed by atoms with Crippen LogP contribution in [0.3, 0.4) is 0 Å². The van der Waals surface area contributed by atoms with Crippen LogP contribution < -0.4 is 5.43 Å². The molecule has 3 heterocycles. The summed E-state index contributed by atoms with van der Waals surface area (Å²) in [6.07, 6.45) is 11.4. The summed E-state index contributed by atoms with van der Waals surface area (Å²) in [7, 11) is 0. The van der Waals surface area contributed by atoms with Crippen LogP contribution in [0.25, 0.3) is 17.3 Å². The monoisotopic (exact) mass is 498 g/mol. The van der Waals surface area contributed by atoms with Crippen molar-refractivity contribution in [1.82, 2.24) is 20.2 Å². The number of nitrogens with one attached hydrogen (secondary N) is 1. The number of rotatable bonds is 4. The zero-order chi connectivity index (χ0) is 23.8. The summed E-state index contributed by atoms with van der Waals surface area (Å²) < 4.78 is 7.07. The first kappa shape index (κ1) is 23.2. The normalized spacial score (nSPS) is 22.1. The maximum Gasteiger partial charge on any atom is 0.286 e. The fourth-order valence-electron chi connectivity index (χ4n) is 5.11. The lowest BCUT2D eigenvalue weighted by atomic mass is 9.90. The molecule has 0 bridgehead atoms. The number of fused-ring (bicyclic) bond motifs is 1. The molecule has 1 N–H and O–H groups in total. The molecule has 178 valence electrons. The summed E-state index contributed by atoms with van der Waals surface area (Å²) in [6, 6.07) is 7.82. The van der Waals surface area contributed by atoms with Crippen molar-refractivity contribution < 1.29 is 9.21 Å². The molecule has 1 aliphatic heterocycles. The van der Waals surface area contributed by atoms with Crippen molar-refractivity contribution in [3.8, 4) is 5.69 Å². The number of hydrogen-bond acceptors (Lipinski definition) is 4. The lowest BCUT2D eigenvalue weighted by Gasteiger charge is -2.38. The molecule has 1 fully saturated rings. The maximum absolute atomic E-state index is 13.6. The molecule has 1 aliphatic carbocycles. The van der Waals surface area contributed by atoms with Gasteiger partial charge in [-0.05, 0) is 81.9 Å². The Kier molecular flexibility index (Phi) is 6.56. The predicted octanol–water partition coefficient (Wildman–Crippen LogP) is 6.56. The third-order valence-electron chi connectivity index (χ3n) is 6.82. The van der Waals surface area contributed by atoms with Gasteiger partial charge in [0, 0.05) is 28.2 Å². The first-order chi connectivity index (χ1) is 16.4. The SMILES string of the molecule is CC1CCCC(C)N1NC(=O)c1nn(-c2ccc(Cl)cc2Cl)c2c1CCC/C2=C\c1ccoc1. The molecule has 1 amide bonds. The average molecular weight is 499 g/mol. The number of furan rings is 1. The van der Waals surface area contributed by atoms with Gasteiger partial charge in [-0.25, -0.2) is 9.69 Å². The summed E-state index contributed by atoms with van der Waals surface area (Å²) in [4.78, 5) is 13.6. The first-order valence-electron chi connectivity index (χ1n) is 11.8. The van der Waals surface area contributed by atoms with Crippen molar-refractivity contribution in [2.24, 2.45) is 0 Å². The molecular formula is C26H28Cl2N4O2. The van der Waals surface area contributed by atoms with Gasteiger partial charge < -0.3 is 4.42 Å². The molecule has 2 aromatic heterocycles. The molecule has 8 heteroatoms. The molecule has 0 saturated carbocycles. The number of allylic oxidation sites excluding steroid dienone is 1. The summed E-state index contributed by atoms with van der Waals surface area (Å²) in [6.45, 7) is 4.31. The number of hydrogen-bond donors (Lipinski definition) is 1. The zero-order valence-electron chi connectivity index (χ0n) is 19.4. The predicted molar refractivity (Wildman–Crippen MR) is 135 cm³/mol. The van der Waals surface area contributed by atoms with Gasteiger partial charge in [-0.15, -0.1) is 0 Å². The summed E-state index contributed by atoms with van der Waals surface area (Å²) in [5.41, 5.74) is 8.24. The van der Waals surface area contributed by atoms with E-state index < -0.39 is 0 Å². The molecular weight excluding hydrogens is 471 g/mol. The lowest BCUT2D eigenvalue weighted by molar-refractivity contribution is 0.0365. The van der Waals surface area contributed by atoms with Crippen LogP contribution in [0.1, 0.15) is 73.3 Å². The standard InChI is InChI=1S/C26H28Cl2N4O2/c1-16-5-3-6-17(2)31(16)30-26(33)24-21-8-4-7-19(13-18-11-12-34-15-18)25(21)32(29-24)23-10-9-20(27)14-22(23)28/h9-17H,3-8H2,1-2H3,(H,30,33)/b19-13+. The molecule has 2 atom stereocenters. The number of benzene rings is 1. The van der Waals surface area contributed by atoms with E-state index >= 15 is 0 Å². The fourth-order valence-corrected chi connectivity index (χ4v) is 5.60. The third kappa shape index (κ3) is 4.42. The smallest absolute Gasteiger partial charge is 0.286 e. The number of piperidine rings is 1. The van der Waals surface area contributed by atoms with E-state index in [9.17, 15) is 4.79 Å². The number of amides is 1. The van der Waals surface area contributed by atoms with Gasteiger partial charge in [0.2, 0.25) is 0 Å². The number of carbonyl (C=O) groups is 1. The summed E-state index contributed by atoms with van der Waals surface area (Å²) in [5, 5.41) is 7.95. The average Bonchev–Trinajstić information content (AvgIpc) is 3.45. The van der Waals surface area contributed by atoms with E-state index in [4.69, 9.17) is 32.7 Å². The van der Waals surface area contributed by atoms with Crippen molar-refractivity contribution in [1.29, 1.82) is 0 Å². The first-order valence-corrected chi connectivity index (χ1v) is 12.6. The number of nitrogens with zero attached hydrogens (tertiary/aromatic N) is 3. The topological polar surface area (TPSA) is 63.3 Å². The number of aromatic nitrogens is 2. The largest absolute Gasteiger partial charge is 0.472 e.